The third-order valence-electron chi connectivity index (χ3n) is 5.61. The minimum Gasteiger partial charge on any atom is -0.494 e. The van der Waals surface area contributed by atoms with Crippen molar-refractivity contribution in [2.45, 2.75) is 32.8 Å². The third-order valence-corrected chi connectivity index (χ3v) is 5.61. The van der Waals surface area contributed by atoms with Crippen molar-refractivity contribution >= 4 is 17.7 Å². The van der Waals surface area contributed by atoms with Crippen molar-refractivity contribution in [1.82, 2.24) is 30.0 Å². The van der Waals surface area contributed by atoms with Crippen LogP contribution in [0.15, 0.2) is 30.9 Å². The van der Waals surface area contributed by atoms with Crippen molar-refractivity contribution in [2.24, 2.45) is 5.41 Å². The zero-order chi connectivity index (χ0) is 27.5. The summed E-state index contributed by atoms with van der Waals surface area (Å²) in [5.41, 5.74) is -1.25. The molecule has 1 fully saturated rings. The number of pyridine rings is 1. The quantitative estimate of drug-likeness (QED) is 0.442. The van der Waals surface area contributed by atoms with E-state index in [4.69, 9.17) is 19.5 Å². The molecule has 0 atom stereocenters. The maximum atomic E-state index is 14.1. The molecule has 0 spiro atoms. The number of hydrogen-bond donors (Lipinski definition) is 2. The van der Waals surface area contributed by atoms with Crippen LogP contribution in [-0.2, 0) is 4.74 Å². The van der Waals surface area contributed by atoms with E-state index in [9.17, 15) is 13.6 Å². The van der Waals surface area contributed by atoms with Crippen LogP contribution in [0, 0.1) is 16.7 Å². The van der Waals surface area contributed by atoms with Crippen molar-refractivity contribution in [3.63, 3.8) is 0 Å². The minimum absolute atomic E-state index is 0.170. The highest BCUT2D eigenvalue weighted by Crippen LogP contribution is 2.41. The number of ether oxygens (including phenoxy) is 3. The van der Waals surface area contributed by atoms with Gasteiger partial charge in [0.15, 0.2) is 17.3 Å². The number of halogens is 2. The van der Waals surface area contributed by atoms with Gasteiger partial charge < -0.3 is 24.4 Å². The second-order valence-corrected chi connectivity index (χ2v) is 9.69. The van der Waals surface area contributed by atoms with Crippen LogP contribution in [0.1, 0.15) is 26.5 Å². The predicted molar refractivity (Wildman–Crippen MR) is 130 cm³/mol. The normalized spacial score (nSPS) is 14.4. The number of amides is 1. The lowest BCUT2D eigenvalue weighted by Gasteiger charge is -2.48. The first-order valence-corrected chi connectivity index (χ1v) is 11.5. The van der Waals surface area contributed by atoms with E-state index >= 15 is 0 Å². The van der Waals surface area contributed by atoms with Crippen LogP contribution in [0.25, 0.3) is 11.3 Å². The third kappa shape index (κ3) is 5.72. The first-order chi connectivity index (χ1) is 18.0. The molecule has 12 nitrogen and oxygen atoms in total. The molecule has 3 aromatic heterocycles. The van der Waals surface area contributed by atoms with E-state index < -0.39 is 23.5 Å². The largest absolute Gasteiger partial charge is 0.494 e. The van der Waals surface area contributed by atoms with Gasteiger partial charge in [0, 0.05) is 19.2 Å². The van der Waals surface area contributed by atoms with Crippen molar-refractivity contribution < 1.29 is 27.8 Å². The number of carbonyl (C=O) groups excluding carboxylic acids is 1. The Bertz CT molecular complexity index is 1330. The fourth-order valence-corrected chi connectivity index (χ4v) is 3.73. The van der Waals surface area contributed by atoms with Gasteiger partial charge in [0.25, 0.3) is 6.43 Å². The number of methoxy groups -OCH3 is 1. The number of H-pyrrole nitrogens is 1. The van der Waals surface area contributed by atoms with Gasteiger partial charge in [-0.15, -0.1) is 0 Å². The lowest BCUT2D eigenvalue weighted by molar-refractivity contribution is -0.128. The van der Waals surface area contributed by atoms with Gasteiger partial charge in [-0.2, -0.15) is 10.4 Å². The number of aromatic amines is 1. The van der Waals surface area contributed by atoms with E-state index in [2.05, 4.69) is 30.5 Å². The highest BCUT2D eigenvalue weighted by Gasteiger charge is 2.54. The second kappa shape index (κ2) is 10.4. The number of nitriles is 1. The lowest BCUT2D eigenvalue weighted by atomic mass is 9.81. The first-order valence-electron chi connectivity index (χ1n) is 11.5. The molecule has 3 aromatic rings. The number of nitrogens with one attached hydrogen (secondary N) is 2. The summed E-state index contributed by atoms with van der Waals surface area (Å²) in [5.74, 6) is 1.25. The Balaban J connectivity index is 1.51. The predicted octanol–water partition coefficient (Wildman–Crippen LogP) is 3.77. The van der Waals surface area contributed by atoms with E-state index in [1.165, 1.54) is 36.8 Å². The Morgan fingerprint density at radius 3 is 2.55 bits per heavy atom. The van der Waals surface area contributed by atoms with Crippen molar-refractivity contribution in [3.05, 3.63) is 36.5 Å². The number of hydrogen-bond acceptors (Lipinski definition) is 10. The highest BCUT2D eigenvalue weighted by molar-refractivity contribution is 5.75. The molecule has 4 rings (SSSR count). The van der Waals surface area contributed by atoms with E-state index in [0.29, 0.717) is 28.6 Å². The smallest absolute Gasteiger partial charge is 0.410 e. The Hall–Kier alpha value is -4.54. The van der Waals surface area contributed by atoms with E-state index in [0.717, 1.165) is 0 Å². The molecule has 1 saturated heterocycles. The number of likely N-dealkylation sites (tertiary alicyclic amines) is 1. The minimum atomic E-state index is -2.74. The Kier molecular flexibility index (Phi) is 7.29. The number of carbonyl (C=O) groups is 1. The molecule has 0 radical (unpaired) electrons. The van der Waals surface area contributed by atoms with Crippen LogP contribution in [0.3, 0.4) is 0 Å². The van der Waals surface area contributed by atoms with Gasteiger partial charge in [0.05, 0.1) is 43.2 Å². The van der Waals surface area contributed by atoms with Crippen LogP contribution in [0.4, 0.5) is 25.2 Å². The molecular weight excluding hydrogens is 502 g/mol. The number of rotatable bonds is 8. The van der Waals surface area contributed by atoms with Crippen molar-refractivity contribution in [2.75, 3.05) is 32.1 Å². The molecule has 38 heavy (non-hydrogen) atoms. The Morgan fingerprint density at radius 1 is 1.21 bits per heavy atom. The fraction of sp³-hybridized carbons (Fsp3) is 0.417. The summed E-state index contributed by atoms with van der Waals surface area (Å²) in [7, 11) is 1.44. The molecule has 1 aliphatic heterocycles. The molecule has 1 amide bonds. The standard InChI is InChI=1S/C24H26F2N8O4/c1-23(2,3)38-22(35)34-11-24(12-34,21(25)26)13-37-17-9-28-8-16(36-4)20(17)15-5-18(33-32-15)31-19-10-29-14(6-27)7-30-19/h5,7-10,21H,11-13H2,1-4H3,(H2,30,31,32,33). The maximum Gasteiger partial charge on any atom is 0.410 e. The molecular formula is C24H26F2N8O4. The van der Waals surface area contributed by atoms with Gasteiger partial charge >= 0.3 is 6.09 Å². The Labute approximate surface area is 217 Å². The molecule has 0 bridgehead atoms. The monoisotopic (exact) mass is 528 g/mol. The molecule has 200 valence electrons. The van der Waals surface area contributed by atoms with Gasteiger partial charge in [0.1, 0.15) is 35.3 Å². The zero-order valence-electron chi connectivity index (χ0n) is 21.2. The zero-order valence-corrected chi connectivity index (χ0v) is 21.2. The van der Waals surface area contributed by atoms with E-state index in [1.54, 1.807) is 26.8 Å². The van der Waals surface area contributed by atoms with Crippen molar-refractivity contribution in [3.8, 4) is 28.8 Å². The van der Waals surface area contributed by atoms with Gasteiger partial charge in [0.2, 0.25) is 0 Å². The number of anilines is 2. The van der Waals surface area contributed by atoms with Crippen LogP contribution < -0.4 is 14.8 Å². The Morgan fingerprint density at radius 2 is 1.95 bits per heavy atom. The van der Waals surface area contributed by atoms with Crippen LogP contribution >= 0.6 is 0 Å². The number of nitrogens with zero attached hydrogens (tertiary/aromatic N) is 6. The summed E-state index contributed by atoms with van der Waals surface area (Å²) in [6.45, 7) is 4.33. The summed E-state index contributed by atoms with van der Waals surface area (Å²) < 4.78 is 44.7. The SMILES string of the molecule is COc1cncc(OCC2(C(F)F)CN(C(=O)OC(C)(C)C)C2)c1-c1cc(Nc2cnc(C#N)cn2)n[nH]1. The average Bonchev–Trinajstić information content (AvgIpc) is 3.30. The topological polar surface area (TPSA) is 151 Å². The molecule has 1 aliphatic rings. The second-order valence-electron chi connectivity index (χ2n) is 9.69. The van der Waals surface area contributed by atoms with Crippen LogP contribution in [-0.4, -0.2) is 75.0 Å². The molecule has 0 unspecified atom stereocenters. The van der Waals surface area contributed by atoms with Gasteiger partial charge in [-0.3, -0.25) is 10.1 Å². The summed E-state index contributed by atoms with van der Waals surface area (Å²) in [6, 6.07) is 3.53. The molecule has 0 saturated carbocycles. The van der Waals surface area contributed by atoms with E-state index in [-0.39, 0.29) is 31.1 Å². The fourth-order valence-electron chi connectivity index (χ4n) is 3.73. The molecule has 14 heteroatoms. The van der Waals surface area contributed by atoms with Crippen LogP contribution in [0.2, 0.25) is 0 Å². The van der Waals surface area contributed by atoms with Gasteiger partial charge in [-0.25, -0.2) is 23.5 Å². The molecule has 2 N–H and O–H groups in total. The molecule has 4 heterocycles. The lowest BCUT2D eigenvalue weighted by Crippen LogP contribution is -2.64. The molecule has 0 aliphatic carbocycles. The summed E-state index contributed by atoms with van der Waals surface area (Å²) in [6.07, 6.45) is 2.16. The highest BCUT2D eigenvalue weighted by atomic mass is 19.3. The summed E-state index contributed by atoms with van der Waals surface area (Å²) in [4.78, 5) is 25.6. The first kappa shape index (κ1) is 26.5. The van der Waals surface area contributed by atoms with Gasteiger partial charge in [-0.1, -0.05) is 0 Å². The summed E-state index contributed by atoms with van der Waals surface area (Å²) >= 11 is 0. The number of alkyl halides is 2. The number of aromatic nitrogens is 5. The van der Waals surface area contributed by atoms with Crippen LogP contribution in [0.5, 0.6) is 11.5 Å². The molecule has 0 aromatic carbocycles. The summed E-state index contributed by atoms with van der Waals surface area (Å²) in [5, 5.41) is 18.9. The maximum absolute atomic E-state index is 14.1. The van der Waals surface area contributed by atoms with Crippen molar-refractivity contribution in [1.29, 1.82) is 5.26 Å². The average molecular weight is 529 g/mol. The van der Waals surface area contributed by atoms with Gasteiger partial charge in [-0.05, 0) is 20.8 Å². The van der Waals surface area contributed by atoms with E-state index in [1.807, 2.05) is 6.07 Å².